The minimum absolute atomic E-state index is 0.113. The topological polar surface area (TPSA) is 42.4 Å². The summed E-state index contributed by atoms with van der Waals surface area (Å²) in [7, 11) is 1.56. The Balaban J connectivity index is 1.89. The van der Waals surface area contributed by atoms with Crippen LogP contribution < -0.4 is 9.64 Å². The van der Waals surface area contributed by atoms with Crippen LogP contribution in [0, 0.1) is 0 Å². The van der Waals surface area contributed by atoms with Gasteiger partial charge in [-0.25, -0.2) is 4.98 Å². The Morgan fingerprint density at radius 2 is 2.09 bits per heavy atom. The molecule has 0 saturated carbocycles. The first-order valence-electron chi connectivity index (χ1n) is 6.22. The van der Waals surface area contributed by atoms with Crippen LogP contribution in [0.1, 0.15) is 9.67 Å². The third kappa shape index (κ3) is 2.79. The molecule has 1 aromatic carbocycles. The van der Waals surface area contributed by atoms with Crippen molar-refractivity contribution in [2.24, 2.45) is 0 Å². The lowest BCUT2D eigenvalue weighted by molar-refractivity contribution is -0.0498. The van der Waals surface area contributed by atoms with Crippen LogP contribution in [0.15, 0.2) is 35.7 Å². The number of rotatable bonds is 4. The SMILES string of the molecule is CN(C(=O)c1sccc1OC(F)F)c1nc2ccccc2s1. The lowest BCUT2D eigenvalue weighted by atomic mass is 10.3. The molecular weight excluding hydrogens is 330 g/mol. The van der Waals surface area contributed by atoms with Gasteiger partial charge in [0.2, 0.25) is 0 Å². The summed E-state index contributed by atoms with van der Waals surface area (Å²) in [5.41, 5.74) is 0.789. The third-order valence-corrected chi connectivity index (χ3v) is 4.91. The molecule has 0 saturated heterocycles. The van der Waals surface area contributed by atoms with Crippen molar-refractivity contribution >= 4 is 43.9 Å². The predicted octanol–water partition coefficient (Wildman–Crippen LogP) is 4.24. The van der Waals surface area contributed by atoms with Crippen LogP contribution in [0.4, 0.5) is 13.9 Å². The van der Waals surface area contributed by atoms with E-state index in [0.29, 0.717) is 5.13 Å². The molecule has 0 aliphatic rings. The molecule has 0 aliphatic heterocycles. The van der Waals surface area contributed by atoms with Gasteiger partial charge in [-0.2, -0.15) is 8.78 Å². The number of anilines is 1. The number of ether oxygens (including phenoxy) is 1. The van der Waals surface area contributed by atoms with Crippen LogP contribution >= 0.6 is 22.7 Å². The summed E-state index contributed by atoms with van der Waals surface area (Å²) in [5.74, 6) is -0.539. The molecule has 2 aromatic heterocycles. The smallest absolute Gasteiger partial charge is 0.387 e. The average Bonchev–Trinajstić information content (AvgIpc) is 3.11. The maximum Gasteiger partial charge on any atom is 0.387 e. The second-order valence-corrected chi connectivity index (χ2v) is 6.25. The van der Waals surface area contributed by atoms with E-state index in [2.05, 4.69) is 9.72 Å². The van der Waals surface area contributed by atoms with Crippen LogP contribution in [0.5, 0.6) is 5.75 Å². The number of alkyl halides is 2. The monoisotopic (exact) mass is 340 g/mol. The molecule has 0 radical (unpaired) electrons. The Kier molecular flexibility index (Phi) is 4.04. The summed E-state index contributed by atoms with van der Waals surface area (Å²) in [4.78, 5) is 18.3. The molecule has 1 amide bonds. The summed E-state index contributed by atoms with van der Waals surface area (Å²) in [5, 5.41) is 2.04. The van der Waals surface area contributed by atoms with Crippen LogP contribution in [0.2, 0.25) is 0 Å². The van der Waals surface area contributed by atoms with Gasteiger partial charge in [-0.05, 0) is 23.6 Å². The number of hydrogen-bond donors (Lipinski definition) is 0. The van der Waals surface area contributed by atoms with Gasteiger partial charge in [0.15, 0.2) is 5.13 Å². The standard InChI is InChI=1S/C14H10F2N2O2S2/c1-18(14-17-8-4-2-3-5-10(8)22-14)12(19)11-9(6-7-21-11)20-13(15)16/h2-7,13H,1H3. The molecule has 3 rings (SSSR count). The lowest BCUT2D eigenvalue weighted by Gasteiger charge is -2.13. The quantitative estimate of drug-likeness (QED) is 0.713. The highest BCUT2D eigenvalue weighted by Gasteiger charge is 2.23. The first kappa shape index (κ1) is 14.9. The first-order valence-corrected chi connectivity index (χ1v) is 7.92. The highest BCUT2D eigenvalue weighted by Crippen LogP contribution is 2.32. The second-order valence-electron chi connectivity index (χ2n) is 4.32. The summed E-state index contributed by atoms with van der Waals surface area (Å²) in [6.07, 6.45) is 0. The van der Waals surface area contributed by atoms with Gasteiger partial charge in [0, 0.05) is 7.05 Å². The van der Waals surface area contributed by atoms with Crippen molar-refractivity contribution in [2.45, 2.75) is 6.61 Å². The number of halogens is 2. The molecular formula is C14H10F2N2O2S2. The largest absolute Gasteiger partial charge is 0.433 e. The summed E-state index contributed by atoms with van der Waals surface area (Å²) in [6, 6.07) is 8.87. The first-order chi connectivity index (χ1) is 10.6. The highest BCUT2D eigenvalue weighted by molar-refractivity contribution is 7.22. The molecule has 0 N–H and O–H groups in total. The minimum Gasteiger partial charge on any atom is -0.433 e. The number of nitrogens with zero attached hydrogens (tertiary/aromatic N) is 2. The second kappa shape index (κ2) is 5.98. The number of hydrogen-bond acceptors (Lipinski definition) is 5. The molecule has 0 spiro atoms. The summed E-state index contributed by atoms with van der Waals surface area (Å²) >= 11 is 2.42. The molecule has 3 aromatic rings. The van der Waals surface area contributed by atoms with Crippen LogP contribution in [-0.2, 0) is 0 Å². The van der Waals surface area contributed by atoms with E-state index in [1.165, 1.54) is 27.7 Å². The van der Waals surface area contributed by atoms with Gasteiger partial charge >= 0.3 is 6.61 Å². The van der Waals surface area contributed by atoms with E-state index in [4.69, 9.17) is 0 Å². The Bertz CT molecular complexity index is 783. The molecule has 0 bridgehead atoms. The summed E-state index contributed by atoms with van der Waals surface area (Å²) in [6.45, 7) is -2.96. The number of aromatic nitrogens is 1. The number of thiazole rings is 1. The third-order valence-electron chi connectivity index (χ3n) is 2.91. The molecule has 0 atom stereocenters. The molecule has 2 heterocycles. The van der Waals surface area contributed by atoms with Crippen LogP contribution in [0.3, 0.4) is 0 Å². The Morgan fingerprint density at radius 1 is 1.32 bits per heavy atom. The molecule has 22 heavy (non-hydrogen) atoms. The maximum absolute atomic E-state index is 12.5. The van der Waals surface area contributed by atoms with Gasteiger partial charge in [0.1, 0.15) is 10.6 Å². The fourth-order valence-electron chi connectivity index (χ4n) is 1.88. The number of para-hydroxylation sites is 1. The number of carbonyl (C=O) groups is 1. The van der Waals surface area contributed by atoms with E-state index in [9.17, 15) is 13.6 Å². The van der Waals surface area contributed by atoms with Crippen molar-refractivity contribution in [2.75, 3.05) is 11.9 Å². The zero-order valence-electron chi connectivity index (χ0n) is 11.3. The van der Waals surface area contributed by atoms with Crippen molar-refractivity contribution in [1.29, 1.82) is 0 Å². The number of thiophene rings is 1. The number of carbonyl (C=O) groups excluding carboxylic acids is 1. The maximum atomic E-state index is 12.5. The van der Waals surface area contributed by atoms with Crippen molar-refractivity contribution < 1.29 is 18.3 Å². The number of fused-ring (bicyclic) bond motifs is 1. The van der Waals surface area contributed by atoms with Crippen LogP contribution in [0.25, 0.3) is 10.2 Å². The van der Waals surface area contributed by atoms with Crippen molar-refractivity contribution in [1.82, 2.24) is 4.98 Å². The fourth-order valence-corrected chi connectivity index (χ4v) is 3.61. The van der Waals surface area contributed by atoms with E-state index in [1.54, 1.807) is 7.05 Å². The van der Waals surface area contributed by atoms with Gasteiger partial charge in [-0.1, -0.05) is 23.5 Å². The van der Waals surface area contributed by atoms with E-state index in [-0.39, 0.29) is 10.6 Å². The molecule has 8 heteroatoms. The predicted molar refractivity (Wildman–Crippen MR) is 83.3 cm³/mol. The van der Waals surface area contributed by atoms with Crippen molar-refractivity contribution in [3.8, 4) is 5.75 Å². The minimum atomic E-state index is -2.96. The molecule has 0 fully saturated rings. The Labute approximate surface area is 132 Å². The van der Waals surface area contributed by atoms with E-state index >= 15 is 0 Å². The van der Waals surface area contributed by atoms with E-state index in [0.717, 1.165) is 21.6 Å². The van der Waals surface area contributed by atoms with Crippen molar-refractivity contribution in [3.63, 3.8) is 0 Å². The van der Waals surface area contributed by atoms with Gasteiger partial charge < -0.3 is 4.74 Å². The fraction of sp³-hybridized carbons (Fsp3) is 0.143. The van der Waals surface area contributed by atoms with Gasteiger partial charge in [0.25, 0.3) is 5.91 Å². The average molecular weight is 340 g/mol. The normalized spacial score (nSPS) is 11.1. The lowest BCUT2D eigenvalue weighted by Crippen LogP contribution is -2.25. The highest BCUT2D eigenvalue weighted by atomic mass is 32.1. The number of amides is 1. The van der Waals surface area contributed by atoms with Gasteiger partial charge in [-0.3, -0.25) is 9.69 Å². The van der Waals surface area contributed by atoms with Crippen molar-refractivity contribution in [3.05, 3.63) is 40.6 Å². The molecule has 0 unspecified atom stereocenters. The zero-order valence-corrected chi connectivity index (χ0v) is 13.0. The number of benzene rings is 1. The Morgan fingerprint density at radius 3 is 2.82 bits per heavy atom. The van der Waals surface area contributed by atoms with E-state index < -0.39 is 12.5 Å². The molecule has 0 aliphatic carbocycles. The van der Waals surface area contributed by atoms with Gasteiger partial charge in [-0.15, -0.1) is 11.3 Å². The molecule has 4 nitrogen and oxygen atoms in total. The Hall–Kier alpha value is -2.06. The van der Waals surface area contributed by atoms with E-state index in [1.807, 2.05) is 24.3 Å². The van der Waals surface area contributed by atoms with Crippen LogP contribution in [-0.4, -0.2) is 24.6 Å². The summed E-state index contributed by atoms with van der Waals surface area (Å²) < 4.78 is 30.0. The van der Waals surface area contributed by atoms with Gasteiger partial charge in [0.05, 0.1) is 10.2 Å². The molecule has 114 valence electrons. The zero-order chi connectivity index (χ0) is 15.7.